The second-order valence-electron chi connectivity index (χ2n) is 5.41. The minimum Gasteiger partial charge on any atom is -0.307 e. The molecule has 120 valence electrons. The van der Waals surface area contributed by atoms with Gasteiger partial charge in [0.05, 0.1) is 11.4 Å². The molecule has 0 spiro atoms. The summed E-state index contributed by atoms with van der Waals surface area (Å²) in [6.45, 7) is 2.29. The number of rotatable bonds is 3. The third kappa shape index (κ3) is 3.34. The summed E-state index contributed by atoms with van der Waals surface area (Å²) in [6.07, 6.45) is 0.603. The molecule has 1 aliphatic rings. The van der Waals surface area contributed by atoms with Gasteiger partial charge in [-0.05, 0) is 43.7 Å². The number of hydrogen-bond acceptors (Lipinski definition) is 4. The fraction of sp³-hybridized carbons (Fsp3) is 0.250. The highest BCUT2D eigenvalue weighted by Gasteiger charge is 2.28. The van der Waals surface area contributed by atoms with Crippen molar-refractivity contribution in [2.75, 3.05) is 21.9 Å². The Hall–Kier alpha value is -2.41. The zero-order valence-corrected chi connectivity index (χ0v) is 13.5. The summed E-state index contributed by atoms with van der Waals surface area (Å²) in [7, 11) is -3.26. The second-order valence-corrected chi connectivity index (χ2v) is 7.42. The van der Waals surface area contributed by atoms with Gasteiger partial charge >= 0.3 is 0 Å². The highest BCUT2D eigenvalue weighted by atomic mass is 32.2. The van der Waals surface area contributed by atoms with Crippen molar-refractivity contribution in [2.24, 2.45) is 0 Å². The van der Waals surface area contributed by atoms with Crippen LogP contribution in [0.1, 0.15) is 22.5 Å². The lowest BCUT2D eigenvalue weighted by molar-refractivity contribution is 0.102. The van der Waals surface area contributed by atoms with Crippen molar-refractivity contribution in [1.82, 2.24) is 4.98 Å². The minimum absolute atomic E-state index is 0.149. The van der Waals surface area contributed by atoms with E-state index in [0.29, 0.717) is 30.0 Å². The van der Waals surface area contributed by atoms with Crippen LogP contribution in [0.3, 0.4) is 0 Å². The van der Waals surface area contributed by atoms with Gasteiger partial charge < -0.3 is 5.32 Å². The van der Waals surface area contributed by atoms with E-state index < -0.39 is 10.0 Å². The van der Waals surface area contributed by atoms with Crippen molar-refractivity contribution < 1.29 is 13.2 Å². The number of amides is 1. The van der Waals surface area contributed by atoms with Gasteiger partial charge in [0.15, 0.2) is 0 Å². The highest BCUT2D eigenvalue weighted by Crippen LogP contribution is 2.25. The van der Waals surface area contributed by atoms with Crippen LogP contribution in [0.2, 0.25) is 0 Å². The molecule has 1 saturated heterocycles. The van der Waals surface area contributed by atoms with Crippen LogP contribution in [0.5, 0.6) is 0 Å². The number of nitrogens with one attached hydrogen (secondary N) is 1. The fourth-order valence-corrected chi connectivity index (χ4v) is 4.09. The zero-order valence-electron chi connectivity index (χ0n) is 12.7. The number of aryl methyl sites for hydroxylation is 1. The monoisotopic (exact) mass is 331 g/mol. The Kier molecular flexibility index (Phi) is 4.04. The van der Waals surface area contributed by atoms with Crippen molar-refractivity contribution in [3.8, 4) is 0 Å². The summed E-state index contributed by atoms with van der Waals surface area (Å²) in [5, 5.41) is 2.72. The lowest BCUT2D eigenvalue weighted by Gasteiger charge is -2.17. The van der Waals surface area contributed by atoms with Gasteiger partial charge in [-0.1, -0.05) is 12.1 Å². The summed E-state index contributed by atoms with van der Waals surface area (Å²) in [4.78, 5) is 16.6. The Labute approximate surface area is 135 Å². The van der Waals surface area contributed by atoms with Crippen molar-refractivity contribution in [2.45, 2.75) is 13.3 Å². The fourth-order valence-electron chi connectivity index (χ4n) is 2.53. The summed E-state index contributed by atoms with van der Waals surface area (Å²) in [5.41, 5.74) is 1.72. The van der Waals surface area contributed by atoms with E-state index in [-0.39, 0.29) is 11.7 Å². The molecule has 2 heterocycles. The van der Waals surface area contributed by atoms with E-state index in [1.165, 1.54) is 4.31 Å². The van der Waals surface area contributed by atoms with E-state index in [1.54, 1.807) is 30.3 Å². The molecule has 1 aromatic heterocycles. The molecule has 23 heavy (non-hydrogen) atoms. The molecule has 1 amide bonds. The number of pyridine rings is 1. The maximum absolute atomic E-state index is 12.3. The lowest BCUT2D eigenvalue weighted by atomic mass is 10.2. The summed E-state index contributed by atoms with van der Waals surface area (Å²) in [6, 6.07) is 12.0. The number of anilines is 2. The summed E-state index contributed by atoms with van der Waals surface area (Å²) >= 11 is 0. The third-order valence-electron chi connectivity index (χ3n) is 3.63. The first kappa shape index (κ1) is 15.5. The molecule has 1 fully saturated rings. The topological polar surface area (TPSA) is 79.4 Å². The third-order valence-corrected chi connectivity index (χ3v) is 5.50. The van der Waals surface area contributed by atoms with Crippen LogP contribution in [0.15, 0.2) is 42.5 Å². The van der Waals surface area contributed by atoms with Crippen LogP contribution in [0.25, 0.3) is 0 Å². The lowest BCUT2D eigenvalue weighted by Crippen LogP contribution is -2.25. The van der Waals surface area contributed by atoms with Gasteiger partial charge in [-0.25, -0.2) is 13.4 Å². The van der Waals surface area contributed by atoms with Crippen LogP contribution in [-0.4, -0.2) is 31.6 Å². The van der Waals surface area contributed by atoms with Crippen LogP contribution in [0, 0.1) is 6.92 Å². The smallest absolute Gasteiger partial charge is 0.256 e. The molecule has 0 saturated carbocycles. The molecular formula is C16H17N3O3S. The van der Waals surface area contributed by atoms with E-state index in [0.717, 1.165) is 5.69 Å². The average molecular weight is 331 g/mol. The van der Waals surface area contributed by atoms with E-state index in [1.807, 2.05) is 19.1 Å². The van der Waals surface area contributed by atoms with Gasteiger partial charge in [0, 0.05) is 17.8 Å². The number of aromatic nitrogens is 1. The van der Waals surface area contributed by atoms with Crippen molar-refractivity contribution in [1.29, 1.82) is 0 Å². The van der Waals surface area contributed by atoms with Crippen molar-refractivity contribution in [3.63, 3.8) is 0 Å². The number of carbonyl (C=O) groups is 1. The Balaban J connectivity index is 1.83. The molecule has 1 aliphatic heterocycles. The van der Waals surface area contributed by atoms with Gasteiger partial charge in [-0.3, -0.25) is 9.10 Å². The number of carbonyl (C=O) groups excluding carboxylic acids is 1. The average Bonchev–Trinajstić information content (AvgIpc) is 2.87. The molecule has 1 aromatic carbocycles. The molecule has 0 bridgehead atoms. The van der Waals surface area contributed by atoms with Gasteiger partial charge in [0.25, 0.3) is 5.91 Å². The van der Waals surface area contributed by atoms with Gasteiger partial charge in [-0.15, -0.1) is 0 Å². The van der Waals surface area contributed by atoms with Crippen molar-refractivity contribution in [3.05, 3.63) is 53.7 Å². The Bertz CT molecular complexity index is 849. The van der Waals surface area contributed by atoms with Gasteiger partial charge in [0.2, 0.25) is 10.0 Å². The minimum atomic E-state index is -3.26. The molecule has 6 nitrogen and oxygen atoms in total. The quantitative estimate of drug-likeness (QED) is 0.935. The van der Waals surface area contributed by atoms with Gasteiger partial charge in [0.1, 0.15) is 5.82 Å². The predicted molar refractivity (Wildman–Crippen MR) is 89.1 cm³/mol. The Morgan fingerprint density at radius 2 is 2.00 bits per heavy atom. The van der Waals surface area contributed by atoms with E-state index >= 15 is 0 Å². The molecule has 1 N–H and O–H groups in total. The predicted octanol–water partition coefficient (Wildman–Crippen LogP) is 2.18. The molecule has 0 unspecified atom stereocenters. The molecule has 0 atom stereocenters. The maximum atomic E-state index is 12.3. The van der Waals surface area contributed by atoms with Gasteiger partial charge in [-0.2, -0.15) is 0 Å². The van der Waals surface area contributed by atoms with E-state index in [4.69, 9.17) is 0 Å². The SMILES string of the molecule is Cc1cccc(NC(=O)c2cccc(N3CCCS3(=O)=O)c2)n1. The largest absolute Gasteiger partial charge is 0.307 e. The first-order valence-electron chi connectivity index (χ1n) is 7.31. The molecule has 2 aromatic rings. The summed E-state index contributed by atoms with van der Waals surface area (Å²) in [5.74, 6) is 0.298. The highest BCUT2D eigenvalue weighted by molar-refractivity contribution is 7.93. The molecule has 7 heteroatoms. The molecule has 3 rings (SSSR count). The standard InChI is InChI=1S/C16H17N3O3S/c1-12-5-2-8-15(17-12)18-16(20)13-6-3-7-14(11-13)19-9-4-10-23(19,21)22/h2-3,5-8,11H,4,9-10H2,1H3,(H,17,18,20). The van der Waals surface area contributed by atoms with Crippen LogP contribution in [-0.2, 0) is 10.0 Å². The number of sulfonamides is 1. The summed E-state index contributed by atoms with van der Waals surface area (Å²) < 4.78 is 25.3. The van der Waals surface area contributed by atoms with Crippen molar-refractivity contribution >= 4 is 27.4 Å². The van der Waals surface area contributed by atoms with Crippen LogP contribution < -0.4 is 9.62 Å². The second kappa shape index (κ2) is 6.00. The molecular weight excluding hydrogens is 314 g/mol. The van der Waals surface area contributed by atoms with E-state index in [9.17, 15) is 13.2 Å². The molecule has 0 aliphatic carbocycles. The first-order valence-corrected chi connectivity index (χ1v) is 8.92. The van der Waals surface area contributed by atoms with Crippen LogP contribution in [0.4, 0.5) is 11.5 Å². The van der Waals surface area contributed by atoms with E-state index in [2.05, 4.69) is 10.3 Å². The first-order chi connectivity index (χ1) is 11.0. The number of nitrogens with zero attached hydrogens (tertiary/aromatic N) is 2. The Morgan fingerprint density at radius 1 is 1.22 bits per heavy atom. The van der Waals surface area contributed by atoms with Crippen LogP contribution >= 0.6 is 0 Å². The maximum Gasteiger partial charge on any atom is 0.256 e. The molecule has 0 radical (unpaired) electrons. The zero-order chi connectivity index (χ0) is 16.4. The number of benzene rings is 1. The normalized spacial score (nSPS) is 16.3. The number of hydrogen-bond donors (Lipinski definition) is 1. The Morgan fingerprint density at radius 3 is 2.70 bits per heavy atom.